The molecule has 0 aliphatic heterocycles. The minimum Gasteiger partial charge on any atom is -0.294 e. The first-order valence-electron chi connectivity index (χ1n) is 48.8. The van der Waals surface area contributed by atoms with Crippen molar-refractivity contribution in [2.75, 3.05) is 0 Å². The van der Waals surface area contributed by atoms with Gasteiger partial charge in [-0.2, -0.15) is 0 Å². The molecule has 20 aliphatic rings. The molecule has 562 valence electrons. The summed E-state index contributed by atoms with van der Waals surface area (Å²) in [6, 6.07) is 10.5. The van der Waals surface area contributed by atoms with Crippen LogP contribution in [0.3, 0.4) is 0 Å². The van der Waals surface area contributed by atoms with Gasteiger partial charge in [0.25, 0.3) is 0 Å². The van der Waals surface area contributed by atoms with Crippen molar-refractivity contribution in [2.24, 2.45) is 130 Å². The Morgan fingerprint density at radius 2 is 0.290 bits per heavy atom. The average molecular weight is 1370 g/mol. The number of hydrogen-bond acceptors (Lipinski definition) is 4. The molecule has 0 aromatic rings. The fourth-order valence-corrected chi connectivity index (χ4v) is 36.6. The van der Waals surface area contributed by atoms with Gasteiger partial charge in [-0.3, -0.25) is 19.6 Å². The summed E-state index contributed by atoms with van der Waals surface area (Å²) >= 11 is 0. The molecule has 0 heterocycles. The van der Waals surface area contributed by atoms with E-state index in [0.29, 0.717) is 0 Å². The molecular formula is C96H158N4. The average Bonchev–Trinajstić information content (AvgIpc) is 0.693. The smallest absolute Gasteiger partial charge is 0.0163 e. The third-order valence-electron chi connectivity index (χ3n) is 39.6. The third kappa shape index (κ3) is 12.6. The zero-order valence-electron chi connectivity index (χ0n) is 65.3. The third-order valence-corrected chi connectivity index (χ3v) is 39.6. The van der Waals surface area contributed by atoms with Crippen LogP contribution in [0.2, 0.25) is 0 Å². The van der Waals surface area contributed by atoms with Gasteiger partial charge in [0.15, 0.2) is 0 Å². The number of rotatable bonds is 12. The summed E-state index contributed by atoms with van der Waals surface area (Å²) in [5, 5.41) is 0. The van der Waals surface area contributed by atoms with Gasteiger partial charge in [0.1, 0.15) is 0 Å². The summed E-state index contributed by atoms with van der Waals surface area (Å²) in [6.45, 7) is 0. The Hall–Kier alpha value is -0.160. The molecule has 24 unspecified atom stereocenters. The lowest BCUT2D eigenvalue weighted by Crippen LogP contribution is -2.74. The minimum absolute atomic E-state index is 0.845. The maximum Gasteiger partial charge on any atom is 0.0163 e. The summed E-state index contributed by atoms with van der Waals surface area (Å²) in [7, 11) is 0. The summed E-state index contributed by atoms with van der Waals surface area (Å²) in [5.41, 5.74) is 0. The zero-order valence-corrected chi connectivity index (χ0v) is 65.3. The van der Waals surface area contributed by atoms with Crippen LogP contribution in [-0.4, -0.2) is 92.1 Å². The molecule has 20 rings (SSSR count). The van der Waals surface area contributed by atoms with Crippen LogP contribution in [0.25, 0.3) is 0 Å². The summed E-state index contributed by atoms with van der Waals surface area (Å²) in [5.74, 6) is 22.1. The largest absolute Gasteiger partial charge is 0.294 e. The Balaban J connectivity index is 0.795. The molecule has 0 saturated heterocycles. The first-order chi connectivity index (χ1) is 49.7. The molecule has 20 aliphatic carbocycles. The molecule has 4 nitrogen and oxygen atoms in total. The predicted octanol–water partition coefficient (Wildman–Crippen LogP) is 24.6. The van der Waals surface area contributed by atoms with E-state index >= 15 is 0 Å². The second-order valence-electron chi connectivity index (χ2n) is 43.2. The monoisotopic (exact) mass is 1370 g/mol. The minimum atomic E-state index is 0.845. The second kappa shape index (κ2) is 30.6. The predicted molar refractivity (Wildman–Crippen MR) is 416 cm³/mol. The van der Waals surface area contributed by atoms with E-state index in [4.69, 9.17) is 0 Å². The maximum atomic E-state index is 3.90. The highest BCUT2D eigenvalue weighted by atomic mass is 15.3. The van der Waals surface area contributed by atoms with Crippen molar-refractivity contribution in [3.63, 3.8) is 0 Å². The lowest BCUT2D eigenvalue weighted by Gasteiger charge is -2.71. The van der Waals surface area contributed by atoms with Gasteiger partial charge >= 0.3 is 0 Å². The van der Waals surface area contributed by atoms with E-state index in [0.717, 1.165) is 203 Å². The molecule has 20 saturated carbocycles. The van der Waals surface area contributed by atoms with Crippen LogP contribution in [0.5, 0.6) is 0 Å². The van der Waals surface area contributed by atoms with Crippen LogP contribution in [0, 0.1) is 130 Å². The molecule has 0 aromatic carbocycles. The van der Waals surface area contributed by atoms with Crippen LogP contribution in [0.15, 0.2) is 0 Å². The molecule has 24 atom stereocenters. The van der Waals surface area contributed by atoms with Crippen LogP contribution >= 0.6 is 0 Å². The fourth-order valence-electron chi connectivity index (χ4n) is 36.6. The number of fused-ring (bicyclic) bond motifs is 8. The van der Waals surface area contributed by atoms with E-state index in [1.54, 1.807) is 372 Å². The quantitative estimate of drug-likeness (QED) is 0.193. The van der Waals surface area contributed by atoms with Gasteiger partial charge < -0.3 is 0 Å². The Morgan fingerprint density at radius 3 is 0.470 bits per heavy atom. The lowest BCUT2D eigenvalue weighted by atomic mass is 9.43. The Bertz CT molecular complexity index is 2190. The first kappa shape index (κ1) is 69.1. The van der Waals surface area contributed by atoms with Crippen LogP contribution in [-0.2, 0) is 0 Å². The summed E-state index contributed by atoms with van der Waals surface area (Å²) in [6.07, 6.45) is 98.2. The Labute approximate surface area is 616 Å². The van der Waals surface area contributed by atoms with E-state index < -0.39 is 0 Å². The van der Waals surface area contributed by atoms with Crippen LogP contribution < -0.4 is 0 Å². The van der Waals surface area contributed by atoms with Crippen molar-refractivity contribution in [3.05, 3.63) is 0 Å². The second-order valence-corrected chi connectivity index (χ2v) is 43.2. The maximum absolute atomic E-state index is 3.90. The topological polar surface area (TPSA) is 13.0 Å². The lowest BCUT2D eigenvalue weighted by molar-refractivity contribution is -0.217. The van der Waals surface area contributed by atoms with E-state index in [9.17, 15) is 0 Å². The van der Waals surface area contributed by atoms with E-state index in [2.05, 4.69) is 19.6 Å². The molecule has 0 aromatic heterocycles. The van der Waals surface area contributed by atoms with E-state index in [1.807, 2.05) is 0 Å². The molecule has 4 heteroatoms. The molecule has 20 fully saturated rings. The molecular weight excluding hydrogens is 1210 g/mol. The van der Waals surface area contributed by atoms with Crippen molar-refractivity contribution in [3.8, 4) is 0 Å². The number of hydrogen-bond donors (Lipinski definition) is 0. The van der Waals surface area contributed by atoms with Crippen LogP contribution in [0.1, 0.15) is 398 Å². The van der Waals surface area contributed by atoms with Gasteiger partial charge in [0, 0.05) is 72.5 Å². The van der Waals surface area contributed by atoms with Crippen molar-refractivity contribution < 1.29 is 0 Å². The van der Waals surface area contributed by atoms with E-state index in [1.165, 1.54) is 25.7 Å². The fraction of sp³-hybridized carbons (Fsp3) is 1.00. The highest BCUT2D eigenvalue weighted by Crippen LogP contribution is 2.68. The SMILES string of the molecule is C1CCC(N(C2CC(N(C3CCCCC3)C3C4CCCCC4CC4CCCCC43)C3CCC4C5C(CCC2C35)C(N(C2CCCCC2)C2C3CCCCC3CC3CCCCC32)CC4N(C2CCCCC2)C2C3CCCCC3CC3CCCCC32)C2C3CCCCC3CC3CCCCC32)CC1. The molecule has 0 N–H and O–H groups in total. The Morgan fingerprint density at radius 1 is 0.130 bits per heavy atom. The highest BCUT2D eigenvalue weighted by Gasteiger charge is 2.68. The normalized spacial score (nSPS) is 50.5. The summed E-state index contributed by atoms with van der Waals surface area (Å²) < 4.78 is 0. The number of nitrogens with zero attached hydrogens (tertiary/aromatic N) is 4. The standard InChI is InChI=1S/C96H158N4/c1-5-37-71(38-6-1)97(93-75-45-21-13-29-63(75)57-64-30-14-22-46-76(64)93)87-61-88(98(72-39-7-2-8-40-72)94-77-47-23-15-31-65(77)58-66-32-16-24-48-78(66)94)84-55-56-86-90(100(74-43-11-4-12-44-74)96-81-51-27-19-35-69(81)60-70-36-20-28-52-82(70)96)62-89(85-54-53-83(87)91(84)92(85)86)99(73-41-9-3-10-42-73)95-79-49-25-17-33-67(79)59-68-34-18-26-50-80(68)95/h63-96H,1-62H2. The molecule has 0 bridgehead atoms. The van der Waals surface area contributed by atoms with Gasteiger partial charge in [-0.1, -0.05) is 231 Å². The van der Waals surface area contributed by atoms with E-state index in [-0.39, 0.29) is 0 Å². The van der Waals surface area contributed by atoms with Gasteiger partial charge in [-0.25, -0.2) is 0 Å². The van der Waals surface area contributed by atoms with Gasteiger partial charge in [0.2, 0.25) is 0 Å². The molecule has 100 heavy (non-hydrogen) atoms. The van der Waals surface area contributed by atoms with Gasteiger partial charge in [-0.15, -0.1) is 0 Å². The molecule has 0 amide bonds. The summed E-state index contributed by atoms with van der Waals surface area (Å²) in [4.78, 5) is 15.6. The zero-order chi connectivity index (χ0) is 65.8. The van der Waals surface area contributed by atoms with Gasteiger partial charge in [-0.05, 0) is 297 Å². The van der Waals surface area contributed by atoms with Crippen molar-refractivity contribution in [1.29, 1.82) is 0 Å². The Kier molecular flexibility index (Phi) is 21.1. The van der Waals surface area contributed by atoms with Crippen molar-refractivity contribution in [1.82, 2.24) is 19.6 Å². The van der Waals surface area contributed by atoms with Crippen LogP contribution in [0.4, 0.5) is 0 Å². The molecule has 0 spiro atoms. The molecule has 0 radical (unpaired) electrons. The van der Waals surface area contributed by atoms with Crippen molar-refractivity contribution >= 4 is 0 Å². The highest BCUT2D eigenvalue weighted by molar-refractivity contribution is 5.20. The van der Waals surface area contributed by atoms with Gasteiger partial charge in [0.05, 0.1) is 0 Å². The van der Waals surface area contributed by atoms with Crippen molar-refractivity contribution in [2.45, 2.75) is 471 Å². The first-order valence-corrected chi connectivity index (χ1v) is 48.8.